The van der Waals surface area contributed by atoms with E-state index in [4.69, 9.17) is 5.84 Å². The summed E-state index contributed by atoms with van der Waals surface area (Å²) in [6, 6.07) is 6.28. The maximum Gasteiger partial charge on any atom is 0.131 e. The van der Waals surface area contributed by atoms with Crippen molar-refractivity contribution in [3.8, 4) is 0 Å². The first-order valence-corrected chi connectivity index (χ1v) is 5.64. The average molecular weight is 230 g/mol. The quantitative estimate of drug-likeness (QED) is 0.622. The summed E-state index contributed by atoms with van der Waals surface area (Å²) < 4.78 is 1.98. The molecule has 1 aromatic heterocycles. The Balaban J connectivity index is 2.46. The predicted octanol–water partition coefficient (Wildman–Crippen LogP) is 1.59. The molecule has 1 unspecified atom stereocenters. The Hall–Kier alpha value is -1.65. The molecular weight excluding hydrogens is 212 g/mol. The van der Waals surface area contributed by atoms with E-state index in [0.29, 0.717) is 0 Å². The molecule has 4 nitrogen and oxygen atoms in total. The van der Waals surface area contributed by atoms with Gasteiger partial charge in [0.25, 0.3) is 0 Å². The number of aromatic nitrogens is 2. The largest absolute Gasteiger partial charge is 0.336 e. The van der Waals surface area contributed by atoms with Gasteiger partial charge in [-0.05, 0) is 25.0 Å². The molecule has 0 aliphatic heterocycles. The Bertz CT molecular complexity index is 516. The second-order valence-corrected chi connectivity index (χ2v) is 4.36. The third kappa shape index (κ3) is 2.23. The first-order chi connectivity index (χ1) is 8.13. The lowest BCUT2D eigenvalue weighted by atomic mass is 9.99. The molecule has 1 atom stereocenters. The minimum absolute atomic E-state index is 0.0735. The second-order valence-electron chi connectivity index (χ2n) is 4.36. The van der Waals surface area contributed by atoms with E-state index in [1.165, 1.54) is 11.1 Å². The summed E-state index contributed by atoms with van der Waals surface area (Å²) in [5.74, 6) is 6.58. The zero-order chi connectivity index (χ0) is 12.4. The van der Waals surface area contributed by atoms with Crippen LogP contribution in [0.3, 0.4) is 0 Å². The first kappa shape index (κ1) is 11.8. The van der Waals surface area contributed by atoms with Crippen molar-refractivity contribution in [3.05, 3.63) is 53.1 Å². The Morgan fingerprint density at radius 2 is 2.12 bits per heavy atom. The molecule has 0 aliphatic carbocycles. The number of hydrogen-bond donors (Lipinski definition) is 2. The van der Waals surface area contributed by atoms with E-state index in [9.17, 15) is 0 Å². The van der Waals surface area contributed by atoms with Gasteiger partial charge in [-0.1, -0.05) is 23.8 Å². The zero-order valence-corrected chi connectivity index (χ0v) is 10.4. The van der Waals surface area contributed by atoms with Gasteiger partial charge in [0, 0.05) is 19.4 Å². The van der Waals surface area contributed by atoms with Gasteiger partial charge in [0.15, 0.2) is 0 Å². The van der Waals surface area contributed by atoms with Crippen LogP contribution in [0.25, 0.3) is 0 Å². The van der Waals surface area contributed by atoms with E-state index in [1.807, 2.05) is 17.8 Å². The first-order valence-electron chi connectivity index (χ1n) is 5.64. The summed E-state index contributed by atoms with van der Waals surface area (Å²) >= 11 is 0. The third-order valence-corrected chi connectivity index (χ3v) is 3.02. The normalized spacial score (nSPS) is 12.7. The summed E-state index contributed by atoms with van der Waals surface area (Å²) in [6.45, 7) is 4.18. The number of hydrazine groups is 1. The number of aryl methyl sites for hydroxylation is 3. The van der Waals surface area contributed by atoms with E-state index >= 15 is 0 Å². The standard InChI is InChI=1S/C13H18N4/c1-9-4-5-11(10(2)8-9)12(16-14)13-15-6-7-17(13)3/h4-8,12,16H,14H2,1-3H3. The molecule has 90 valence electrons. The molecule has 17 heavy (non-hydrogen) atoms. The SMILES string of the molecule is Cc1ccc(C(NN)c2nccn2C)c(C)c1. The summed E-state index contributed by atoms with van der Waals surface area (Å²) in [5, 5.41) is 0. The van der Waals surface area contributed by atoms with Gasteiger partial charge in [-0.15, -0.1) is 0 Å². The van der Waals surface area contributed by atoms with Crippen LogP contribution in [0, 0.1) is 13.8 Å². The molecule has 0 saturated heterocycles. The lowest BCUT2D eigenvalue weighted by molar-refractivity contribution is 0.577. The van der Waals surface area contributed by atoms with E-state index in [1.54, 1.807) is 6.20 Å². The van der Waals surface area contributed by atoms with Gasteiger partial charge in [0.05, 0.1) is 0 Å². The Kier molecular flexibility index (Phi) is 3.26. The molecule has 0 aliphatic rings. The summed E-state index contributed by atoms with van der Waals surface area (Å²) in [5.41, 5.74) is 6.47. The smallest absolute Gasteiger partial charge is 0.131 e. The fraction of sp³-hybridized carbons (Fsp3) is 0.308. The van der Waals surface area contributed by atoms with E-state index in [2.05, 4.69) is 42.5 Å². The molecular formula is C13H18N4. The highest BCUT2D eigenvalue weighted by Crippen LogP contribution is 2.23. The van der Waals surface area contributed by atoms with Gasteiger partial charge >= 0.3 is 0 Å². The molecule has 0 saturated carbocycles. The Morgan fingerprint density at radius 3 is 2.65 bits per heavy atom. The summed E-state index contributed by atoms with van der Waals surface area (Å²) in [6.07, 6.45) is 3.70. The van der Waals surface area contributed by atoms with Gasteiger partial charge in [-0.2, -0.15) is 0 Å². The van der Waals surface area contributed by atoms with Gasteiger partial charge < -0.3 is 4.57 Å². The molecule has 2 rings (SSSR count). The number of nitrogens with one attached hydrogen (secondary N) is 1. The highest BCUT2D eigenvalue weighted by molar-refractivity contribution is 5.35. The van der Waals surface area contributed by atoms with Crippen LogP contribution in [0.4, 0.5) is 0 Å². The maximum absolute atomic E-state index is 5.67. The minimum Gasteiger partial charge on any atom is -0.336 e. The lowest BCUT2D eigenvalue weighted by Crippen LogP contribution is -2.31. The predicted molar refractivity (Wildman–Crippen MR) is 68.3 cm³/mol. The molecule has 3 N–H and O–H groups in total. The van der Waals surface area contributed by atoms with Crippen molar-refractivity contribution in [1.29, 1.82) is 0 Å². The highest BCUT2D eigenvalue weighted by Gasteiger charge is 2.18. The Labute approximate surface area is 101 Å². The molecule has 0 spiro atoms. The monoisotopic (exact) mass is 230 g/mol. The van der Waals surface area contributed by atoms with Gasteiger partial charge in [-0.3, -0.25) is 5.84 Å². The van der Waals surface area contributed by atoms with E-state index in [-0.39, 0.29) is 6.04 Å². The van der Waals surface area contributed by atoms with Crippen LogP contribution in [-0.2, 0) is 7.05 Å². The number of rotatable bonds is 3. The van der Waals surface area contributed by atoms with Crippen molar-refractivity contribution in [2.45, 2.75) is 19.9 Å². The topological polar surface area (TPSA) is 55.9 Å². The molecule has 1 heterocycles. The third-order valence-electron chi connectivity index (χ3n) is 3.02. The van der Waals surface area contributed by atoms with Crippen LogP contribution in [0.5, 0.6) is 0 Å². The molecule has 4 heteroatoms. The van der Waals surface area contributed by atoms with Crippen LogP contribution >= 0.6 is 0 Å². The van der Waals surface area contributed by atoms with Gasteiger partial charge in [-0.25, -0.2) is 10.4 Å². The van der Waals surface area contributed by atoms with E-state index in [0.717, 1.165) is 11.4 Å². The fourth-order valence-electron chi connectivity index (χ4n) is 2.11. The number of nitrogens with two attached hydrogens (primary N) is 1. The van der Waals surface area contributed by atoms with Crippen molar-refractivity contribution in [2.75, 3.05) is 0 Å². The summed E-state index contributed by atoms with van der Waals surface area (Å²) in [7, 11) is 1.97. The van der Waals surface area contributed by atoms with Crippen molar-refractivity contribution < 1.29 is 0 Å². The molecule has 0 bridgehead atoms. The molecule has 0 fully saturated rings. The molecule has 1 aromatic carbocycles. The van der Waals surface area contributed by atoms with Crippen LogP contribution in [0.1, 0.15) is 28.6 Å². The van der Waals surface area contributed by atoms with Crippen LogP contribution in [0.2, 0.25) is 0 Å². The zero-order valence-electron chi connectivity index (χ0n) is 10.4. The van der Waals surface area contributed by atoms with Crippen molar-refractivity contribution in [2.24, 2.45) is 12.9 Å². The number of imidazole rings is 1. The van der Waals surface area contributed by atoms with E-state index < -0.39 is 0 Å². The highest BCUT2D eigenvalue weighted by atomic mass is 15.3. The van der Waals surface area contributed by atoms with Crippen molar-refractivity contribution >= 4 is 0 Å². The van der Waals surface area contributed by atoms with Crippen LogP contribution in [-0.4, -0.2) is 9.55 Å². The van der Waals surface area contributed by atoms with Gasteiger partial charge in [0.2, 0.25) is 0 Å². The molecule has 0 amide bonds. The summed E-state index contributed by atoms with van der Waals surface area (Å²) in [4.78, 5) is 4.35. The van der Waals surface area contributed by atoms with Gasteiger partial charge in [0.1, 0.15) is 11.9 Å². The van der Waals surface area contributed by atoms with Crippen LogP contribution < -0.4 is 11.3 Å². The lowest BCUT2D eigenvalue weighted by Gasteiger charge is -2.18. The minimum atomic E-state index is -0.0735. The molecule has 2 aromatic rings. The second kappa shape index (κ2) is 4.69. The number of nitrogens with zero attached hydrogens (tertiary/aromatic N) is 2. The fourth-order valence-corrected chi connectivity index (χ4v) is 2.11. The maximum atomic E-state index is 5.67. The number of benzene rings is 1. The van der Waals surface area contributed by atoms with Crippen molar-refractivity contribution in [3.63, 3.8) is 0 Å². The Morgan fingerprint density at radius 1 is 1.35 bits per heavy atom. The average Bonchev–Trinajstić information content (AvgIpc) is 2.69. The van der Waals surface area contributed by atoms with Crippen molar-refractivity contribution in [1.82, 2.24) is 15.0 Å². The molecule has 0 radical (unpaired) electrons. The van der Waals surface area contributed by atoms with Crippen LogP contribution in [0.15, 0.2) is 30.6 Å². The number of hydrogen-bond acceptors (Lipinski definition) is 3.